The minimum atomic E-state index is -0.508. The van der Waals surface area contributed by atoms with Crippen LogP contribution < -0.4 is 5.32 Å². The van der Waals surface area contributed by atoms with Crippen LogP contribution in [0.5, 0.6) is 0 Å². The van der Waals surface area contributed by atoms with E-state index in [0.29, 0.717) is 22.1 Å². The molecule has 1 heterocycles. The second kappa shape index (κ2) is 6.70. The van der Waals surface area contributed by atoms with Crippen molar-refractivity contribution in [3.05, 3.63) is 75.1 Å². The third-order valence-corrected chi connectivity index (χ3v) is 3.61. The Bertz CT molecular complexity index is 953. The summed E-state index contributed by atoms with van der Waals surface area (Å²) in [6, 6.07) is 12.5. The maximum atomic E-state index is 12.4. The number of carbonyl (C=O) groups is 1. The molecular formula is C16H12ClN5O3. The van der Waals surface area contributed by atoms with Crippen molar-refractivity contribution in [1.82, 2.24) is 15.0 Å². The number of aryl methyl sites for hydroxylation is 1. The number of amides is 1. The van der Waals surface area contributed by atoms with Crippen molar-refractivity contribution >= 4 is 28.9 Å². The van der Waals surface area contributed by atoms with E-state index in [1.807, 2.05) is 0 Å². The number of hydrogen-bond donors (Lipinski definition) is 1. The molecule has 1 aromatic heterocycles. The number of nitrogens with zero attached hydrogens (tertiary/aromatic N) is 4. The molecule has 3 rings (SSSR count). The van der Waals surface area contributed by atoms with Gasteiger partial charge in [0.15, 0.2) is 5.69 Å². The molecule has 0 saturated heterocycles. The van der Waals surface area contributed by atoms with E-state index in [1.165, 1.54) is 29.1 Å². The largest absolute Gasteiger partial charge is 0.321 e. The van der Waals surface area contributed by atoms with Crippen molar-refractivity contribution in [2.24, 2.45) is 0 Å². The summed E-state index contributed by atoms with van der Waals surface area (Å²) in [5, 5.41) is 22.2. The van der Waals surface area contributed by atoms with E-state index in [9.17, 15) is 14.9 Å². The molecule has 0 bridgehead atoms. The van der Waals surface area contributed by atoms with Gasteiger partial charge in [0.25, 0.3) is 11.6 Å². The Morgan fingerprint density at radius 3 is 2.56 bits per heavy atom. The smallest absolute Gasteiger partial charge is 0.278 e. The number of halogens is 1. The highest BCUT2D eigenvalue weighted by atomic mass is 35.5. The highest BCUT2D eigenvalue weighted by Crippen LogP contribution is 2.17. The summed E-state index contributed by atoms with van der Waals surface area (Å²) in [7, 11) is 0. The van der Waals surface area contributed by atoms with Crippen LogP contribution in [0.1, 0.15) is 16.2 Å². The fraction of sp³-hybridized carbons (Fsp3) is 0.0625. The predicted octanol–water partition coefficient (Wildman–Crippen LogP) is 3.39. The zero-order valence-corrected chi connectivity index (χ0v) is 13.8. The molecule has 25 heavy (non-hydrogen) atoms. The number of anilines is 1. The maximum Gasteiger partial charge on any atom is 0.278 e. The molecule has 0 atom stereocenters. The molecule has 0 fully saturated rings. The normalized spacial score (nSPS) is 10.5. The van der Waals surface area contributed by atoms with Crippen molar-refractivity contribution in [2.45, 2.75) is 6.92 Å². The summed E-state index contributed by atoms with van der Waals surface area (Å²) < 4.78 is 0. The quantitative estimate of drug-likeness (QED) is 0.569. The molecule has 0 aliphatic heterocycles. The van der Waals surface area contributed by atoms with Crippen LogP contribution in [-0.2, 0) is 0 Å². The summed E-state index contributed by atoms with van der Waals surface area (Å²) in [6.45, 7) is 1.67. The van der Waals surface area contributed by atoms with Crippen LogP contribution in [0.4, 0.5) is 11.4 Å². The monoisotopic (exact) mass is 357 g/mol. The maximum absolute atomic E-state index is 12.4. The number of nitro benzene ring substituents is 1. The minimum Gasteiger partial charge on any atom is -0.321 e. The van der Waals surface area contributed by atoms with Crippen LogP contribution in [0.25, 0.3) is 5.69 Å². The standard InChI is InChI=1S/C16H12ClN5O3/c1-10-15(20-21(19-10)14-4-2-3-11(17)9-14)16(23)18-12-5-7-13(8-6-12)22(24)25/h2-9H,1H3,(H,18,23). The first-order valence-electron chi connectivity index (χ1n) is 7.20. The Labute approximate surface area is 147 Å². The van der Waals surface area contributed by atoms with Gasteiger partial charge in [-0.15, -0.1) is 5.10 Å². The van der Waals surface area contributed by atoms with Crippen molar-refractivity contribution in [2.75, 3.05) is 5.32 Å². The molecule has 3 aromatic rings. The molecule has 0 spiro atoms. The summed E-state index contributed by atoms with van der Waals surface area (Å²) in [5.74, 6) is -0.459. The lowest BCUT2D eigenvalue weighted by molar-refractivity contribution is -0.384. The number of benzene rings is 2. The van der Waals surface area contributed by atoms with Crippen LogP contribution in [0.3, 0.4) is 0 Å². The molecule has 1 amide bonds. The number of carbonyl (C=O) groups excluding carboxylic acids is 1. The van der Waals surface area contributed by atoms with E-state index in [0.717, 1.165) is 0 Å². The van der Waals surface area contributed by atoms with Gasteiger partial charge in [-0.3, -0.25) is 14.9 Å². The SMILES string of the molecule is Cc1nn(-c2cccc(Cl)c2)nc1C(=O)Nc1ccc([N+](=O)[O-])cc1. The van der Waals surface area contributed by atoms with Gasteiger partial charge in [-0.25, -0.2) is 0 Å². The first-order chi connectivity index (χ1) is 11.9. The van der Waals surface area contributed by atoms with Gasteiger partial charge in [0.2, 0.25) is 0 Å². The minimum absolute atomic E-state index is 0.0546. The van der Waals surface area contributed by atoms with Gasteiger partial charge >= 0.3 is 0 Å². The molecule has 8 nitrogen and oxygen atoms in total. The molecule has 0 saturated carbocycles. The molecule has 9 heteroatoms. The summed E-state index contributed by atoms with van der Waals surface area (Å²) in [5.41, 5.74) is 1.59. The third-order valence-electron chi connectivity index (χ3n) is 3.37. The second-order valence-electron chi connectivity index (χ2n) is 5.16. The number of non-ortho nitro benzene ring substituents is 1. The van der Waals surface area contributed by atoms with Crippen molar-refractivity contribution in [3.8, 4) is 5.69 Å². The zero-order valence-electron chi connectivity index (χ0n) is 13.0. The highest BCUT2D eigenvalue weighted by Gasteiger charge is 2.17. The lowest BCUT2D eigenvalue weighted by atomic mass is 10.2. The average Bonchev–Trinajstić information content (AvgIpc) is 2.97. The second-order valence-corrected chi connectivity index (χ2v) is 5.60. The number of nitro groups is 1. The number of nitrogens with one attached hydrogen (secondary N) is 1. The van der Waals surface area contributed by atoms with Gasteiger partial charge in [0.1, 0.15) is 0 Å². The fourth-order valence-corrected chi connectivity index (χ4v) is 2.35. The average molecular weight is 358 g/mol. The van der Waals surface area contributed by atoms with Crippen molar-refractivity contribution < 1.29 is 9.72 Å². The zero-order chi connectivity index (χ0) is 18.0. The van der Waals surface area contributed by atoms with Crippen LogP contribution in [0.15, 0.2) is 48.5 Å². The first kappa shape index (κ1) is 16.6. The van der Waals surface area contributed by atoms with Gasteiger partial charge in [-0.05, 0) is 37.3 Å². The Morgan fingerprint density at radius 1 is 1.20 bits per heavy atom. The van der Waals surface area contributed by atoms with Crippen LogP contribution in [0, 0.1) is 17.0 Å². The van der Waals surface area contributed by atoms with Crippen LogP contribution in [0.2, 0.25) is 5.02 Å². The van der Waals surface area contributed by atoms with Gasteiger partial charge in [0, 0.05) is 22.8 Å². The number of hydrogen-bond acceptors (Lipinski definition) is 5. The molecule has 0 radical (unpaired) electrons. The van der Waals surface area contributed by atoms with Crippen LogP contribution in [-0.4, -0.2) is 25.8 Å². The Hall–Kier alpha value is -3.26. The molecule has 0 aliphatic carbocycles. The van der Waals surface area contributed by atoms with E-state index in [2.05, 4.69) is 15.5 Å². The van der Waals surface area contributed by atoms with Gasteiger partial charge in [-0.1, -0.05) is 17.7 Å². The number of aromatic nitrogens is 3. The molecule has 0 aliphatic rings. The van der Waals surface area contributed by atoms with Gasteiger partial charge < -0.3 is 5.32 Å². The Kier molecular flexibility index (Phi) is 4.44. The predicted molar refractivity (Wildman–Crippen MR) is 92.2 cm³/mol. The summed E-state index contributed by atoms with van der Waals surface area (Å²) in [6.07, 6.45) is 0. The molecule has 0 unspecified atom stereocenters. The molecular weight excluding hydrogens is 346 g/mol. The van der Waals surface area contributed by atoms with Gasteiger partial charge in [-0.2, -0.15) is 9.90 Å². The van der Waals surface area contributed by atoms with E-state index in [4.69, 9.17) is 11.6 Å². The molecule has 2 aromatic carbocycles. The lowest BCUT2D eigenvalue weighted by Crippen LogP contribution is -2.14. The molecule has 1 N–H and O–H groups in total. The van der Waals surface area contributed by atoms with Crippen molar-refractivity contribution in [3.63, 3.8) is 0 Å². The Balaban J connectivity index is 1.82. The molecule has 126 valence electrons. The van der Waals surface area contributed by atoms with Crippen molar-refractivity contribution in [1.29, 1.82) is 0 Å². The van der Waals surface area contributed by atoms with E-state index in [-0.39, 0.29) is 11.4 Å². The topological polar surface area (TPSA) is 103 Å². The van der Waals surface area contributed by atoms with Crippen LogP contribution >= 0.6 is 11.6 Å². The lowest BCUT2D eigenvalue weighted by Gasteiger charge is -2.03. The summed E-state index contributed by atoms with van der Waals surface area (Å²) >= 11 is 5.95. The van der Waals surface area contributed by atoms with E-state index >= 15 is 0 Å². The van der Waals surface area contributed by atoms with Gasteiger partial charge in [0.05, 0.1) is 16.3 Å². The Morgan fingerprint density at radius 2 is 1.92 bits per heavy atom. The van der Waals surface area contributed by atoms with E-state index in [1.54, 1.807) is 31.2 Å². The summed E-state index contributed by atoms with van der Waals surface area (Å²) in [4.78, 5) is 23.8. The third kappa shape index (κ3) is 3.64. The fourth-order valence-electron chi connectivity index (χ4n) is 2.16. The number of rotatable bonds is 4. The highest BCUT2D eigenvalue weighted by molar-refractivity contribution is 6.30. The first-order valence-corrected chi connectivity index (χ1v) is 7.57. The van der Waals surface area contributed by atoms with E-state index < -0.39 is 10.8 Å².